The molecule has 0 atom stereocenters. The van der Waals surface area contributed by atoms with Gasteiger partial charge in [0.1, 0.15) is 5.75 Å². The second-order valence-electron chi connectivity index (χ2n) is 3.51. The molecule has 1 aromatic carbocycles. The smallest absolute Gasteiger partial charge is 0.128 e. The predicted molar refractivity (Wildman–Crippen MR) is 64.7 cm³/mol. The molecule has 0 aliphatic rings. The third-order valence-corrected chi connectivity index (χ3v) is 2.59. The van der Waals surface area contributed by atoms with Crippen LogP contribution in [0.25, 0.3) is 11.3 Å². The fraction of sp³-hybridized carbons (Fsp3) is 0.250. The summed E-state index contributed by atoms with van der Waals surface area (Å²) in [5.74, 6) is 0.850. The van der Waals surface area contributed by atoms with Crippen molar-refractivity contribution in [2.45, 2.75) is 0 Å². The number of aryl methyl sites for hydroxylation is 1. The SMILES string of the molecule is CNc1ccc(OC)c(-c2ccnn2C)c1. The molecule has 1 N–H and O–H groups in total. The van der Waals surface area contributed by atoms with Crippen molar-refractivity contribution in [1.29, 1.82) is 0 Å². The highest BCUT2D eigenvalue weighted by atomic mass is 16.5. The van der Waals surface area contributed by atoms with Gasteiger partial charge >= 0.3 is 0 Å². The van der Waals surface area contributed by atoms with Crippen LogP contribution in [-0.4, -0.2) is 23.9 Å². The van der Waals surface area contributed by atoms with Crippen molar-refractivity contribution < 1.29 is 4.74 Å². The Morgan fingerprint density at radius 2 is 2.12 bits per heavy atom. The normalized spacial score (nSPS) is 10.2. The zero-order chi connectivity index (χ0) is 11.5. The van der Waals surface area contributed by atoms with Gasteiger partial charge in [-0.2, -0.15) is 5.10 Å². The molecule has 0 saturated carbocycles. The molecular weight excluding hydrogens is 202 g/mol. The van der Waals surface area contributed by atoms with Gasteiger partial charge in [-0.25, -0.2) is 0 Å². The number of rotatable bonds is 3. The van der Waals surface area contributed by atoms with Crippen LogP contribution in [0.3, 0.4) is 0 Å². The first-order valence-electron chi connectivity index (χ1n) is 5.10. The standard InChI is InChI=1S/C12H15N3O/c1-13-9-4-5-12(16-3)10(8-9)11-6-7-14-15(11)2/h4-8,13H,1-3H3. The van der Waals surface area contributed by atoms with Crippen LogP contribution in [0.1, 0.15) is 0 Å². The average molecular weight is 217 g/mol. The molecule has 2 rings (SSSR count). The second-order valence-corrected chi connectivity index (χ2v) is 3.51. The van der Waals surface area contributed by atoms with E-state index in [1.165, 1.54) is 0 Å². The van der Waals surface area contributed by atoms with Crippen LogP contribution in [0.5, 0.6) is 5.75 Å². The van der Waals surface area contributed by atoms with Crippen LogP contribution in [-0.2, 0) is 7.05 Å². The van der Waals surface area contributed by atoms with E-state index >= 15 is 0 Å². The number of aromatic nitrogens is 2. The Hall–Kier alpha value is -1.97. The lowest BCUT2D eigenvalue weighted by atomic mass is 10.1. The molecule has 0 radical (unpaired) electrons. The molecule has 0 fully saturated rings. The molecule has 16 heavy (non-hydrogen) atoms. The molecule has 1 heterocycles. The summed E-state index contributed by atoms with van der Waals surface area (Å²) in [5, 5.41) is 7.28. The van der Waals surface area contributed by atoms with Gasteiger partial charge in [0.25, 0.3) is 0 Å². The van der Waals surface area contributed by atoms with Crippen molar-refractivity contribution in [3.05, 3.63) is 30.5 Å². The number of methoxy groups -OCH3 is 1. The Labute approximate surface area is 94.9 Å². The van der Waals surface area contributed by atoms with Crippen molar-refractivity contribution in [1.82, 2.24) is 9.78 Å². The van der Waals surface area contributed by atoms with E-state index in [0.29, 0.717) is 0 Å². The molecule has 84 valence electrons. The maximum Gasteiger partial charge on any atom is 0.128 e. The van der Waals surface area contributed by atoms with E-state index in [1.54, 1.807) is 13.3 Å². The maximum atomic E-state index is 5.35. The molecule has 4 nitrogen and oxygen atoms in total. The highest BCUT2D eigenvalue weighted by molar-refractivity contribution is 5.72. The molecule has 2 aromatic rings. The van der Waals surface area contributed by atoms with Gasteiger partial charge in [-0.3, -0.25) is 4.68 Å². The molecule has 0 saturated heterocycles. The van der Waals surface area contributed by atoms with Crippen LogP contribution in [0.15, 0.2) is 30.5 Å². The Balaban J connectivity index is 2.57. The minimum Gasteiger partial charge on any atom is -0.496 e. The molecule has 1 aromatic heterocycles. The Morgan fingerprint density at radius 1 is 1.31 bits per heavy atom. The first-order valence-corrected chi connectivity index (χ1v) is 5.10. The third kappa shape index (κ3) is 1.74. The summed E-state index contributed by atoms with van der Waals surface area (Å²) in [6.07, 6.45) is 1.78. The van der Waals surface area contributed by atoms with Crippen molar-refractivity contribution in [3.63, 3.8) is 0 Å². The summed E-state index contributed by atoms with van der Waals surface area (Å²) in [6, 6.07) is 7.96. The molecule has 0 spiro atoms. The molecule has 0 aliphatic heterocycles. The van der Waals surface area contributed by atoms with Gasteiger partial charge in [0.05, 0.1) is 12.8 Å². The van der Waals surface area contributed by atoms with E-state index in [9.17, 15) is 0 Å². The van der Waals surface area contributed by atoms with Gasteiger partial charge in [0, 0.05) is 31.5 Å². The first-order chi connectivity index (χ1) is 7.76. The number of benzene rings is 1. The lowest BCUT2D eigenvalue weighted by Gasteiger charge is -2.10. The molecular formula is C12H15N3O. The third-order valence-electron chi connectivity index (χ3n) is 2.59. The van der Waals surface area contributed by atoms with E-state index in [2.05, 4.69) is 16.5 Å². The predicted octanol–water partition coefficient (Wildman–Crippen LogP) is 2.14. The quantitative estimate of drug-likeness (QED) is 0.856. The number of hydrogen-bond acceptors (Lipinski definition) is 3. The van der Waals surface area contributed by atoms with E-state index in [4.69, 9.17) is 4.74 Å². The number of hydrogen-bond donors (Lipinski definition) is 1. The number of ether oxygens (including phenoxy) is 1. The Bertz CT molecular complexity index is 491. The average Bonchev–Trinajstić information content (AvgIpc) is 2.74. The second kappa shape index (κ2) is 4.26. The van der Waals surface area contributed by atoms with E-state index in [1.807, 2.05) is 37.0 Å². The summed E-state index contributed by atoms with van der Waals surface area (Å²) >= 11 is 0. The van der Waals surface area contributed by atoms with Gasteiger partial charge in [0.15, 0.2) is 0 Å². The maximum absolute atomic E-state index is 5.35. The topological polar surface area (TPSA) is 39.1 Å². The Morgan fingerprint density at radius 3 is 2.69 bits per heavy atom. The van der Waals surface area contributed by atoms with Crippen LogP contribution in [0, 0.1) is 0 Å². The summed E-state index contributed by atoms with van der Waals surface area (Å²) < 4.78 is 7.19. The Kier molecular flexibility index (Phi) is 2.81. The lowest BCUT2D eigenvalue weighted by molar-refractivity contribution is 0.416. The van der Waals surface area contributed by atoms with Crippen molar-refractivity contribution in [3.8, 4) is 17.0 Å². The monoisotopic (exact) mass is 217 g/mol. The molecule has 0 unspecified atom stereocenters. The largest absolute Gasteiger partial charge is 0.496 e. The van der Waals surface area contributed by atoms with Crippen LogP contribution in [0.4, 0.5) is 5.69 Å². The highest BCUT2D eigenvalue weighted by Gasteiger charge is 2.09. The highest BCUT2D eigenvalue weighted by Crippen LogP contribution is 2.31. The lowest BCUT2D eigenvalue weighted by Crippen LogP contribution is -1.97. The molecule has 0 amide bonds. The van der Waals surface area contributed by atoms with E-state index < -0.39 is 0 Å². The number of nitrogens with zero attached hydrogens (tertiary/aromatic N) is 2. The van der Waals surface area contributed by atoms with Crippen molar-refractivity contribution in [2.24, 2.45) is 7.05 Å². The van der Waals surface area contributed by atoms with Gasteiger partial charge < -0.3 is 10.1 Å². The van der Waals surface area contributed by atoms with Gasteiger partial charge in [-0.1, -0.05) is 0 Å². The minimum atomic E-state index is 0.850. The van der Waals surface area contributed by atoms with Crippen LogP contribution < -0.4 is 10.1 Å². The van der Waals surface area contributed by atoms with E-state index in [-0.39, 0.29) is 0 Å². The van der Waals surface area contributed by atoms with Gasteiger partial charge in [0.2, 0.25) is 0 Å². The summed E-state index contributed by atoms with van der Waals surface area (Å²) in [4.78, 5) is 0. The summed E-state index contributed by atoms with van der Waals surface area (Å²) in [7, 11) is 5.49. The van der Waals surface area contributed by atoms with Crippen molar-refractivity contribution >= 4 is 5.69 Å². The van der Waals surface area contributed by atoms with Crippen molar-refractivity contribution in [2.75, 3.05) is 19.5 Å². The van der Waals surface area contributed by atoms with E-state index in [0.717, 1.165) is 22.7 Å². The summed E-state index contributed by atoms with van der Waals surface area (Å²) in [6.45, 7) is 0. The molecule has 0 aliphatic carbocycles. The zero-order valence-corrected chi connectivity index (χ0v) is 9.69. The number of anilines is 1. The van der Waals surface area contributed by atoms with Gasteiger partial charge in [-0.15, -0.1) is 0 Å². The molecule has 0 bridgehead atoms. The molecule has 4 heteroatoms. The fourth-order valence-corrected chi connectivity index (χ4v) is 1.70. The minimum absolute atomic E-state index is 0.850. The first kappa shape index (κ1) is 10.5. The van der Waals surface area contributed by atoms with Crippen LogP contribution >= 0.6 is 0 Å². The zero-order valence-electron chi connectivity index (χ0n) is 9.69. The summed E-state index contributed by atoms with van der Waals surface area (Å²) in [5.41, 5.74) is 3.13. The van der Waals surface area contributed by atoms with Gasteiger partial charge in [-0.05, 0) is 24.3 Å². The fourth-order valence-electron chi connectivity index (χ4n) is 1.70. The van der Waals surface area contributed by atoms with Crippen LogP contribution in [0.2, 0.25) is 0 Å². The number of nitrogens with one attached hydrogen (secondary N) is 1.